The van der Waals surface area contributed by atoms with Crippen LogP contribution in [0, 0.1) is 6.92 Å². The van der Waals surface area contributed by atoms with Crippen LogP contribution in [-0.2, 0) is 14.8 Å². The van der Waals surface area contributed by atoms with Gasteiger partial charge in [0.25, 0.3) is 0 Å². The molecule has 1 amide bonds. The SMILES string of the molecule is Cc1cccc(N(CC(=O)NCCOc2ccccc2C(C)C)S(C)(=O)=O)c1. The molecule has 1 N–H and O–H groups in total. The van der Waals surface area contributed by atoms with Crippen molar-refractivity contribution >= 4 is 21.6 Å². The van der Waals surface area contributed by atoms with Crippen molar-refractivity contribution in [3.05, 3.63) is 59.7 Å². The van der Waals surface area contributed by atoms with Gasteiger partial charge in [0.05, 0.1) is 18.5 Å². The molecule has 0 spiro atoms. The number of carbonyl (C=O) groups is 1. The zero-order valence-electron chi connectivity index (χ0n) is 16.8. The summed E-state index contributed by atoms with van der Waals surface area (Å²) in [5.41, 5.74) is 2.50. The minimum absolute atomic E-state index is 0.273. The molecule has 0 aromatic heterocycles. The maximum Gasteiger partial charge on any atom is 0.240 e. The molecule has 2 aromatic carbocycles. The Hall–Kier alpha value is -2.54. The molecule has 0 saturated heterocycles. The lowest BCUT2D eigenvalue weighted by atomic mass is 10.0. The highest BCUT2D eigenvalue weighted by Gasteiger charge is 2.20. The Kier molecular flexibility index (Phi) is 7.45. The molecule has 2 rings (SSSR count). The summed E-state index contributed by atoms with van der Waals surface area (Å²) in [6.07, 6.45) is 1.09. The number of nitrogens with one attached hydrogen (secondary N) is 1. The van der Waals surface area contributed by atoms with Gasteiger partial charge in [-0.1, -0.05) is 44.2 Å². The first-order chi connectivity index (χ1) is 13.2. The van der Waals surface area contributed by atoms with Crippen molar-refractivity contribution in [1.82, 2.24) is 5.32 Å². The van der Waals surface area contributed by atoms with Crippen LogP contribution >= 0.6 is 0 Å². The van der Waals surface area contributed by atoms with Crippen LogP contribution in [0.15, 0.2) is 48.5 Å². The fourth-order valence-electron chi connectivity index (χ4n) is 2.81. The minimum atomic E-state index is -3.58. The number of hydrogen-bond donors (Lipinski definition) is 1. The summed E-state index contributed by atoms with van der Waals surface area (Å²) in [6, 6.07) is 14.8. The van der Waals surface area contributed by atoms with E-state index in [9.17, 15) is 13.2 Å². The first-order valence-corrected chi connectivity index (χ1v) is 11.1. The van der Waals surface area contributed by atoms with E-state index in [0.29, 0.717) is 18.2 Å². The second kappa shape index (κ2) is 9.59. The summed E-state index contributed by atoms with van der Waals surface area (Å²) >= 11 is 0. The van der Waals surface area contributed by atoms with E-state index in [2.05, 4.69) is 19.2 Å². The Balaban J connectivity index is 1.92. The molecular weight excluding hydrogens is 376 g/mol. The van der Waals surface area contributed by atoms with Crippen molar-refractivity contribution in [3.8, 4) is 5.75 Å². The third kappa shape index (κ3) is 6.27. The Bertz CT molecular complexity index is 910. The molecule has 2 aromatic rings. The van der Waals surface area contributed by atoms with Gasteiger partial charge in [-0.05, 0) is 42.2 Å². The number of nitrogens with zero attached hydrogens (tertiary/aromatic N) is 1. The molecule has 0 unspecified atom stereocenters. The highest BCUT2D eigenvalue weighted by molar-refractivity contribution is 7.92. The molecule has 152 valence electrons. The highest BCUT2D eigenvalue weighted by atomic mass is 32.2. The summed E-state index contributed by atoms with van der Waals surface area (Å²) in [5, 5.41) is 2.72. The molecule has 0 atom stereocenters. The van der Waals surface area contributed by atoms with Crippen molar-refractivity contribution in [2.24, 2.45) is 0 Å². The van der Waals surface area contributed by atoms with E-state index in [4.69, 9.17) is 4.74 Å². The number of anilines is 1. The molecule has 0 aliphatic heterocycles. The number of rotatable bonds is 9. The molecule has 0 radical (unpaired) electrons. The fraction of sp³-hybridized carbons (Fsp3) is 0.381. The number of amides is 1. The van der Waals surface area contributed by atoms with E-state index in [1.165, 1.54) is 0 Å². The second-order valence-electron chi connectivity index (χ2n) is 7.00. The maximum atomic E-state index is 12.3. The van der Waals surface area contributed by atoms with E-state index in [1.54, 1.807) is 18.2 Å². The van der Waals surface area contributed by atoms with Crippen LogP contribution in [-0.4, -0.2) is 40.3 Å². The summed E-state index contributed by atoms with van der Waals surface area (Å²) in [7, 11) is -3.58. The molecule has 7 heteroatoms. The van der Waals surface area contributed by atoms with E-state index in [0.717, 1.165) is 27.4 Å². The average molecular weight is 405 g/mol. The van der Waals surface area contributed by atoms with E-state index in [-0.39, 0.29) is 19.0 Å². The van der Waals surface area contributed by atoms with E-state index >= 15 is 0 Å². The average Bonchev–Trinajstić information content (AvgIpc) is 2.62. The van der Waals surface area contributed by atoms with Crippen LogP contribution < -0.4 is 14.4 Å². The predicted molar refractivity (Wildman–Crippen MR) is 112 cm³/mol. The molecule has 0 fully saturated rings. The summed E-state index contributed by atoms with van der Waals surface area (Å²) < 4.78 is 31.1. The third-order valence-electron chi connectivity index (χ3n) is 4.20. The third-order valence-corrected chi connectivity index (χ3v) is 5.34. The minimum Gasteiger partial charge on any atom is -0.491 e. The molecule has 0 bridgehead atoms. The maximum absolute atomic E-state index is 12.3. The number of carbonyl (C=O) groups excluding carboxylic acids is 1. The van der Waals surface area contributed by atoms with Crippen molar-refractivity contribution < 1.29 is 17.9 Å². The number of para-hydroxylation sites is 1. The van der Waals surface area contributed by atoms with Crippen molar-refractivity contribution in [2.75, 3.05) is 30.3 Å². The van der Waals surface area contributed by atoms with Gasteiger partial charge >= 0.3 is 0 Å². The number of benzene rings is 2. The van der Waals surface area contributed by atoms with Gasteiger partial charge in [-0.3, -0.25) is 9.10 Å². The lowest BCUT2D eigenvalue weighted by Crippen LogP contribution is -2.41. The Morgan fingerprint density at radius 1 is 1.14 bits per heavy atom. The van der Waals surface area contributed by atoms with Crippen LogP contribution in [0.3, 0.4) is 0 Å². The normalized spacial score (nSPS) is 11.3. The molecule has 6 nitrogen and oxygen atoms in total. The van der Waals surface area contributed by atoms with Gasteiger partial charge in [0.2, 0.25) is 15.9 Å². The summed E-state index contributed by atoms with van der Waals surface area (Å²) in [4.78, 5) is 12.3. The number of aryl methyl sites for hydroxylation is 1. The Morgan fingerprint density at radius 3 is 2.50 bits per heavy atom. The standard InChI is InChI=1S/C21H28N2O4S/c1-16(2)19-10-5-6-11-20(19)27-13-12-22-21(24)15-23(28(4,25)26)18-9-7-8-17(3)14-18/h5-11,14,16H,12-13,15H2,1-4H3,(H,22,24). The first kappa shape index (κ1) is 21.8. The van der Waals surface area contributed by atoms with Gasteiger partial charge in [0, 0.05) is 0 Å². The van der Waals surface area contributed by atoms with Gasteiger partial charge < -0.3 is 10.1 Å². The topological polar surface area (TPSA) is 75.7 Å². The monoisotopic (exact) mass is 404 g/mol. The summed E-state index contributed by atoms with van der Waals surface area (Å²) in [6.45, 7) is 6.38. The van der Waals surface area contributed by atoms with E-state index < -0.39 is 10.0 Å². The molecule has 0 heterocycles. The van der Waals surface area contributed by atoms with Crippen molar-refractivity contribution in [3.63, 3.8) is 0 Å². The Labute approximate surface area is 167 Å². The van der Waals surface area contributed by atoms with Gasteiger partial charge in [-0.25, -0.2) is 8.42 Å². The van der Waals surface area contributed by atoms with Gasteiger partial charge in [-0.15, -0.1) is 0 Å². The number of hydrogen-bond acceptors (Lipinski definition) is 4. The molecule has 0 saturated carbocycles. The van der Waals surface area contributed by atoms with Gasteiger partial charge in [0.1, 0.15) is 18.9 Å². The largest absolute Gasteiger partial charge is 0.491 e. The molecule has 0 aliphatic carbocycles. The van der Waals surface area contributed by atoms with Crippen LogP contribution in [0.25, 0.3) is 0 Å². The quantitative estimate of drug-likeness (QED) is 0.652. The number of sulfonamides is 1. The van der Waals surface area contributed by atoms with Crippen molar-refractivity contribution in [1.29, 1.82) is 0 Å². The lowest BCUT2D eigenvalue weighted by molar-refractivity contribution is -0.119. The number of ether oxygens (including phenoxy) is 1. The van der Waals surface area contributed by atoms with Crippen LogP contribution in [0.1, 0.15) is 30.9 Å². The van der Waals surface area contributed by atoms with Crippen LogP contribution in [0.2, 0.25) is 0 Å². The molecule has 0 aliphatic rings. The molecular formula is C21H28N2O4S. The van der Waals surface area contributed by atoms with Gasteiger partial charge in [-0.2, -0.15) is 0 Å². The summed E-state index contributed by atoms with van der Waals surface area (Å²) in [5.74, 6) is 0.750. The molecule has 28 heavy (non-hydrogen) atoms. The van der Waals surface area contributed by atoms with Crippen molar-refractivity contribution in [2.45, 2.75) is 26.7 Å². The zero-order chi connectivity index (χ0) is 20.7. The van der Waals surface area contributed by atoms with E-state index in [1.807, 2.05) is 37.3 Å². The second-order valence-corrected chi connectivity index (χ2v) is 8.91. The fourth-order valence-corrected chi connectivity index (χ4v) is 3.66. The lowest BCUT2D eigenvalue weighted by Gasteiger charge is -2.22. The first-order valence-electron chi connectivity index (χ1n) is 9.21. The zero-order valence-corrected chi connectivity index (χ0v) is 17.6. The van der Waals surface area contributed by atoms with Gasteiger partial charge in [0.15, 0.2) is 0 Å². The van der Waals surface area contributed by atoms with Crippen LogP contribution in [0.4, 0.5) is 5.69 Å². The predicted octanol–water partition coefficient (Wildman–Crippen LogP) is 3.08. The highest BCUT2D eigenvalue weighted by Crippen LogP contribution is 2.25. The smallest absolute Gasteiger partial charge is 0.240 e. The van der Waals surface area contributed by atoms with Crippen LogP contribution in [0.5, 0.6) is 5.75 Å². The Morgan fingerprint density at radius 2 is 1.86 bits per heavy atom.